The molecule has 2 aromatic rings. The molecule has 0 saturated heterocycles. The Balaban J connectivity index is 2.45. The number of nitrogens with two attached hydrogens (primary N) is 1. The van der Waals surface area contributed by atoms with Gasteiger partial charge in [-0.2, -0.15) is 0 Å². The van der Waals surface area contributed by atoms with E-state index in [0.29, 0.717) is 0 Å². The first-order valence-corrected chi connectivity index (χ1v) is 5.93. The number of aryl methyl sites for hydroxylation is 3. The molecular formula is C14H18N4. The van der Waals surface area contributed by atoms with Crippen LogP contribution in [-0.2, 0) is 0 Å². The minimum absolute atomic E-state index is 0.0576. The maximum absolute atomic E-state index is 5.69. The summed E-state index contributed by atoms with van der Waals surface area (Å²) in [6.07, 6.45) is 3.67. The fourth-order valence-electron chi connectivity index (χ4n) is 2.15. The lowest BCUT2D eigenvalue weighted by Crippen LogP contribution is -2.29. The third kappa shape index (κ3) is 2.72. The first-order valence-electron chi connectivity index (χ1n) is 5.93. The molecule has 1 atom stereocenters. The van der Waals surface area contributed by atoms with E-state index in [1.807, 2.05) is 45.3 Å². The Morgan fingerprint density at radius 3 is 2.22 bits per heavy atom. The van der Waals surface area contributed by atoms with Crippen molar-refractivity contribution in [2.75, 3.05) is 0 Å². The van der Waals surface area contributed by atoms with Crippen molar-refractivity contribution in [1.29, 1.82) is 0 Å². The van der Waals surface area contributed by atoms with Crippen LogP contribution in [0, 0.1) is 20.8 Å². The lowest BCUT2D eigenvalue weighted by atomic mass is 9.99. The Morgan fingerprint density at radius 2 is 1.67 bits per heavy atom. The predicted octanol–water partition coefficient (Wildman–Crippen LogP) is 1.95. The summed E-state index contributed by atoms with van der Waals surface area (Å²) in [6, 6.07) is 6.11. The van der Waals surface area contributed by atoms with Crippen LogP contribution < -0.4 is 11.3 Å². The van der Waals surface area contributed by atoms with Gasteiger partial charge in [0.1, 0.15) is 0 Å². The average molecular weight is 242 g/mol. The largest absolute Gasteiger partial charge is 0.271 e. The predicted molar refractivity (Wildman–Crippen MR) is 71.9 cm³/mol. The molecule has 0 aliphatic heterocycles. The topological polar surface area (TPSA) is 63.8 Å². The smallest absolute Gasteiger partial charge is 0.0726 e. The van der Waals surface area contributed by atoms with E-state index >= 15 is 0 Å². The highest BCUT2D eigenvalue weighted by atomic mass is 15.2. The minimum atomic E-state index is -0.0576. The number of aromatic nitrogens is 2. The summed E-state index contributed by atoms with van der Waals surface area (Å²) in [5.74, 6) is 5.69. The van der Waals surface area contributed by atoms with Gasteiger partial charge in [-0.05, 0) is 49.6 Å². The molecule has 0 amide bonds. The molecule has 18 heavy (non-hydrogen) atoms. The van der Waals surface area contributed by atoms with Gasteiger partial charge in [0, 0.05) is 23.8 Å². The van der Waals surface area contributed by atoms with E-state index in [1.165, 1.54) is 0 Å². The first kappa shape index (κ1) is 12.7. The van der Waals surface area contributed by atoms with Crippen LogP contribution in [0.4, 0.5) is 0 Å². The summed E-state index contributed by atoms with van der Waals surface area (Å²) in [5, 5.41) is 0. The second kappa shape index (κ2) is 5.25. The molecular weight excluding hydrogens is 224 g/mol. The average Bonchev–Trinajstić information content (AvgIpc) is 2.28. The van der Waals surface area contributed by atoms with Crippen molar-refractivity contribution in [3.05, 3.63) is 58.7 Å². The highest BCUT2D eigenvalue weighted by Gasteiger charge is 2.13. The highest BCUT2D eigenvalue weighted by Crippen LogP contribution is 2.22. The normalized spacial score (nSPS) is 12.4. The molecule has 2 heterocycles. The quantitative estimate of drug-likeness (QED) is 0.638. The third-order valence-corrected chi connectivity index (χ3v) is 2.83. The number of nitrogens with one attached hydrogen (secondary N) is 1. The van der Waals surface area contributed by atoms with Gasteiger partial charge in [0.2, 0.25) is 0 Å². The highest BCUT2D eigenvalue weighted by molar-refractivity contribution is 5.33. The summed E-state index contributed by atoms with van der Waals surface area (Å²) >= 11 is 0. The van der Waals surface area contributed by atoms with Crippen molar-refractivity contribution in [3.63, 3.8) is 0 Å². The Labute approximate surface area is 107 Å². The van der Waals surface area contributed by atoms with Gasteiger partial charge in [-0.1, -0.05) is 6.07 Å². The first-order chi connectivity index (χ1) is 8.60. The van der Waals surface area contributed by atoms with E-state index in [-0.39, 0.29) is 6.04 Å². The molecule has 0 saturated carbocycles. The number of pyridine rings is 2. The number of hydrogen-bond acceptors (Lipinski definition) is 4. The maximum atomic E-state index is 5.69. The second-order valence-electron chi connectivity index (χ2n) is 4.58. The van der Waals surface area contributed by atoms with Crippen molar-refractivity contribution in [2.45, 2.75) is 26.8 Å². The SMILES string of the molecule is Cc1cncc(C(NN)c2cc(C)nc(C)c2)c1. The van der Waals surface area contributed by atoms with Crippen molar-refractivity contribution < 1.29 is 0 Å². The van der Waals surface area contributed by atoms with Crippen LogP contribution >= 0.6 is 0 Å². The number of hydrogen-bond donors (Lipinski definition) is 2. The third-order valence-electron chi connectivity index (χ3n) is 2.83. The fourth-order valence-corrected chi connectivity index (χ4v) is 2.15. The molecule has 0 fully saturated rings. The Kier molecular flexibility index (Phi) is 3.69. The molecule has 0 spiro atoms. The summed E-state index contributed by atoms with van der Waals surface area (Å²) in [6.45, 7) is 5.99. The van der Waals surface area contributed by atoms with Gasteiger partial charge in [0.25, 0.3) is 0 Å². The van der Waals surface area contributed by atoms with E-state index in [4.69, 9.17) is 5.84 Å². The van der Waals surface area contributed by atoms with E-state index in [0.717, 1.165) is 28.1 Å². The van der Waals surface area contributed by atoms with Crippen LogP contribution in [0.1, 0.15) is 34.1 Å². The standard InChI is InChI=1S/C14H18N4/c1-9-4-13(8-16-7-9)14(18-15)12-5-10(2)17-11(3)6-12/h4-8,14,18H,15H2,1-3H3. The molecule has 0 radical (unpaired) electrons. The summed E-state index contributed by atoms with van der Waals surface area (Å²) in [7, 11) is 0. The van der Waals surface area contributed by atoms with Crippen LogP contribution in [0.25, 0.3) is 0 Å². The molecule has 4 heteroatoms. The van der Waals surface area contributed by atoms with Gasteiger partial charge in [-0.3, -0.25) is 15.8 Å². The lowest BCUT2D eigenvalue weighted by Gasteiger charge is -2.17. The lowest BCUT2D eigenvalue weighted by molar-refractivity contribution is 0.632. The minimum Gasteiger partial charge on any atom is -0.271 e. The van der Waals surface area contributed by atoms with Crippen molar-refractivity contribution >= 4 is 0 Å². The van der Waals surface area contributed by atoms with Gasteiger partial charge >= 0.3 is 0 Å². The van der Waals surface area contributed by atoms with Crippen molar-refractivity contribution in [2.24, 2.45) is 5.84 Å². The monoisotopic (exact) mass is 242 g/mol. The molecule has 94 valence electrons. The Bertz CT molecular complexity index is 531. The Hall–Kier alpha value is -1.78. The molecule has 0 aromatic carbocycles. The molecule has 0 aliphatic rings. The fraction of sp³-hybridized carbons (Fsp3) is 0.286. The zero-order chi connectivity index (χ0) is 13.1. The van der Waals surface area contributed by atoms with E-state index in [1.54, 1.807) is 0 Å². The number of rotatable bonds is 3. The van der Waals surface area contributed by atoms with Crippen LogP contribution in [0.5, 0.6) is 0 Å². The van der Waals surface area contributed by atoms with E-state index < -0.39 is 0 Å². The van der Waals surface area contributed by atoms with Gasteiger partial charge in [0.15, 0.2) is 0 Å². The second-order valence-corrected chi connectivity index (χ2v) is 4.58. The van der Waals surface area contributed by atoms with Crippen LogP contribution in [0.3, 0.4) is 0 Å². The molecule has 2 rings (SSSR count). The van der Waals surface area contributed by atoms with E-state index in [9.17, 15) is 0 Å². The van der Waals surface area contributed by atoms with Gasteiger partial charge in [0.05, 0.1) is 6.04 Å². The molecule has 0 aliphatic carbocycles. The zero-order valence-corrected chi connectivity index (χ0v) is 10.9. The van der Waals surface area contributed by atoms with Gasteiger partial charge in [-0.25, -0.2) is 5.43 Å². The van der Waals surface area contributed by atoms with Gasteiger partial charge < -0.3 is 0 Å². The maximum Gasteiger partial charge on any atom is 0.0726 e. The molecule has 0 bridgehead atoms. The summed E-state index contributed by atoms with van der Waals surface area (Å²) in [4.78, 5) is 8.59. The molecule has 4 nitrogen and oxygen atoms in total. The van der Waals surface area contributed by atoms with Crippen LogP contribution in [0.2, 0.25) is 0 Å². The van der Waals surface area contributed by atoms with Crippen molar-refractivity contribution in [1.82, 2.24) is 15.4 Å². The van der Waals surface area contributed by atoms with E-state index in [2.05, 4.69) is 21.5 Å². The molecule has 1 unspecified atom stereocenters. The number of hydrazine groups is 1. The molecule has 3 N–H and O–H groups in total. The van der Waals surface area contributed by atoms with Crippen LogP contribution in [-0.4, -0.2) is 9.97 Å². The van der Waals surface area contributed by atoms with Crippen molar-refractivity contribution in [3.8, 4) is 0 Å². The summed E-state index contributed by atoms with van der Waals surface area (Å²) in [5.41, 5.74) is 8.12. The summed E-state index contributed by atoms with van der Waals surface area (Å²) < 4.78 is 0. The van der Waals surface area contributed by atoms with Crippen LogP contribution in [0.15, 0.2) is 30.6 Å². The van der Waals surface area contributed by atoms with Gasteiger partial charge in [-0.15, -0.1) is 0 Å². The molecule has 2 aromatic heterocycles. The number of nitrogens with zero attached hydrogens (tertiary/aromatic N) is 2. The Morgan fingerprint density at radius 1 is 1.00 bits per heavy atom. The zero-order valence-electron chi connectivity index (χ0n) is 10.9.